The molecule has 3 heteroatoms. The zero-order chi connectivity index (χ0) is 11.1. The van der Waals surface area contributed by atoms with E-state index < -0.39 is 0 Å². The molecule has 0 amide bonds. The lowest BCUT2D eigenvalue weighted by atomic mass is 10.2. The summed E-state index contributed by atoms with van der Waals surface area (Å²) in [5, 5.41) is 1.32. The molecule has 1 atom stereocenters. The van der Waals surface area contributed by atoms with Gasteiger partial charge < -0.3 is 4.52 Å². The predicted molar refractivity (Wildman–Crippen MR) is 76.6 cm³/mol. The van der Waals surface area contributed by atoms with Crippen LogP contribution in [0.4, 0.5) is 0 Å². The van der Waals surface area contributed by atoms with E-state index in [1.165, 1.54) is 35.7 Å². The minimum Gasteiger partial charge on any atom is -0.358 e. The Labute approximate surface area is 107 Å². The molecule has 0 radical (unpaired) electrons. The van der Waals surface area contributed by atoms with Crippen molar-refractivity contribution in [2.75, 3.05) is 6.61 Å². The van der Waals surface area contributed by atoms with Gasteiger partial charge in [0, 0.05) is 8.81 Å². The van der Waals surface area contributed by atoms with Crippen molar-refractivity contribution in [1.29, 1.82) is 0 Å². The Morgan fingerprint density at radius 1 is 1.06 bits per heavy atom. The molecule has 1 rings (SSSR count). The second kappa shape index (κ2) is 8.98. The summed E-state index contributed by atoms with van der Waals surface area (Å²) in [6, 6.07) is 6.63. The first-order chi connectivity index (χ1) is 7.22. The molecule has 1 nitrogen and oxygen atoms in total. The smallest absolute Gasteiger partial charge is 0.0509 e. The number of rotatable bonds is 6. The van der Waals surface area contributed by atoms with Gasteiger partial charge in [-0.05, 0) is 37.7 Å². The summed E-state index contributed by atoms with van der Waals surface area (Å²) in [5.41, 5.74) is 2.66. The zero-order valence-electron chi connectivity index (χ0n) is 10.4. The summed E-state index contributed by atoms with van der Waals surface area (Å²) in [4.78, 5) is 0. The molecule has 0 aliphatic heterocycles. The molecule has 16 heavy (non-hydrogen) atoms. The van der Waals surface area contributed by atoms with Gasteiger partial charge in [-0.3, -0.25) is 0 Å². The summed E-state index contributed by atoms with van der Waals surface area (Å²) < 4.78 is 5.66. The van der Waals surface area contributed by atoms with Crippen molar-refractivity contribution < 1.29 is 4.52 Å². The molecule has 0 saturated heterocycles. The highest BCUT2D eigenvalue weighted by Crippen LogP contribution is 2.15. The van der Waals surface area contributed by atoms with E-state index in [-0.39, 0.29) is 12.4 Å². The molecule has 92 valence electrons. The van der Waals surface area contributed by atoms with E-state index in [4.69, 9.17) is 4.52 Å². The lowest BCUT2D eigenvalue weighted by Gasteiger charge is -2.05. The van der Waals surface area contributed by atoms with E-state index in [1.54, 1.807) is 0 Å². The van der Waals surface area contributed by atoms with Crippen molar-refractivity contribution in [2.45, 2.75) is 40.0 Å². The molecule has 1 aromatic rings. The number of halogens is 1. The molecule has 0 aliphatic carbocycles. The Morgan fingerprint density at radius 3 is 2.25 bits per heavy atom. The van der Waals surface area contributed by atoms with Gasteiger partial charge in [-0.25, -0.2) is 0 Å². The molecule has 1 aromatic carbocycles. The topological polar surface area (TPSA) is 9.23 Å². The fourth-order valence-corrected chi connectivity index (χ4v) is 2.58. The van der Waals surface area contributed by atoms with Gasteiger partial charge in [0.1, 0.15) is 0 Å². The summed E-state index contributed by atoms with van der Waals surface area (Å²) in [6.45, 7) is 7.39. The molecule has 0 spiro atoms. The van der Waals surface area contributed by atoms with Gasteiger partial charge in [-0.2, -0.15) is 0 Å². The number of benzene rings is 1. The van der Waals surface area contributed by atoms with Gasteiger partial charge in [-0.1, -0.05) is 37.0 Å². The average Bonchev–Trinajstić information content (AvgIpc) is 2.16. The van der Waals surface area contributed by atoms with Crippen LogP contribution < -0.4 is 5.30 Å². The summed E-state index contributed by atoms with van der Waals surface area (Å²) in [6.07, 6.45) is 3.72. The second-order valence-corrected chi connectivity index (χ2v) is 5.10. The van der Waals surface area contributed by atoms with Crippen LogP contribution in [0.5, 0.6) is 0 Å². The number of aryl methyl sites for hydroxylation is 2. The molecule has 1 unspecified atom stereocenters. The van der Waals surface area contributed by atoms with Crippen LogP contribution in [0.1, 0.15) is 37.3 Å². The maximum atomic E-state index is 5.66. The van der Waals surface area contributed by atoms with Crippen molar-refractivity contribution in [3.05, 3.63) is 29.3 Å². The zero-order valence-corrected chi connectivity index (χ0v) is 12.2. The molecule has 0 saturated carbocycles. The lowest BCUT2D eigenvalue weighted by Crippen LogP contribution is -1.98. The summed E-state index contributed by atoms with van der Waals surface area (Å²) in [5.74, 6) is 0. The van der Waals surface area contributed by atoms with Crippen molar-refractivity contribution in [3.8, 4) is 0 Å². The van der Waals surface area contributed by atoms with Gasteiger partial charge in [0.15, 0.2) is 0 Å². The molecule has 0 aliphatic rings. The van der Waals surface area contributed by atoms with Crippen LogP contribution in [0, 0.1) is 13.8 Å². The Hall–Kier alpha value is -0.100. The third kappa shape index (κ3) is 6.48. The molecule has 0 fully saturated rings. The third-order valence-electron chi connectivity index (χ3n) is 2.26. The van der Waals surface area contributed by atoms with E-state index in [2.05, 4.69) is 39.0 Å². The van der Waals surface area contributed by atoms with Gasteiger partial charge >= 0.3 is 0 Å². The minimum atomic E-state index is 0. The Balaban J connectivity index is 0.00000225. The van der Waals surface area contributed by atoms with Gasteiger partial charge in [0.2, 0.25) is 0 Å². The number of hydrogen-bond acceptors (Lipinski definition) is 1. The maximum absolute atomic E-state index is 5.66. The van der Waals surface area contributed by atoms with Crippen LogP contribution in [0.15, 0.2) is 18.2 Å². The molecule has 0 heterocycles. The first-order valence-corrected chi connectivity index (χ1v) is 6.59. The second-order valence-electron chi connectivity index (χ2n) is 4.03. The highest BCUT2D eigenvalue weighted by Gasteiger charge is 1.96. The summed E-state index contributed by atoms with van der Waals surface area (Å²) >= 11 is 0. The first-order valence-electron chi connectivity index (χ1n) is 5.68. The van der Waals surface area contributed by atoms with Crippen LogP contribution in [0.25, 0.3) is 0 Å². The standard InChI is InChI=1S/C13H21OP.ClH/c1-4-5-6-7-14-15-13-9-11(2)8-12(3)10-13;/h8-10,15H,4-7H2,1-3H3;1H. The Kier molecular flexibility index (Phi) is 8.93. The van der Waals surface area contributed by atoms with Crippen molar-refractivity contribution in [3.63, 3.8) is 0 Å². The fraction of sp³-hybridized carbons (Fsp3) is 0.538. The highest BCUT2D eigenvalue weighted by molar-refractivity contribution is 7.41. The highest BCUT2D eigenvalue weighted by atomic mass is 35.5. The van der Waals surface area contributed by atoms with Crippen molar-refractivity contribution in [1.82, 2.24) is 0 Å². The lowest BCUT2D eigenvalue weighted by molar-refractivity contribution is 0.351. The SMILES string of the molecule is CCCCCOPc1cc(C)cc(C)c1.Cl. The fourth-order valence-electron chi connectivity index (χ4n) is 1.59. The van der Waals surface area contributed by atoms with E-state index in [0.29, 0.717) is 8.81 Å². The van der Waals surface area contributed by atoms with Gasteiger partial charge in [0.05, 0.1) is 6.61 Å². The number of unbranched alkanes of at least 4 members (excludes halogenated alkanes) is 2. The minimum absolute atomic E-state index is 0. The van der Waals surface area contributed by atoms with Crippen LogP contribution in [-0.2, 0) is 4.52 Å². The first kappa shape index (κ1) is 15.9. The third-order valence-corrected chi connectivity index (χ3v) is 3.13. The van der Waals surface area contributed by atoms with Crippen LogP contribution >= 0.6 is 21.2 Å². The van der Waals surface area contributed by atoms with E-state index in [9.17, 15) is 0 Å². The molecule has 0 aromatic heterocycles. The molecule has 0 N–H and O–H groups in total. The van der Waals surface area contributed by atoms with E-state index in [1.807, 2.05) is 0 Å². The number of hydrogen-bond donors (Lipinski definition) is 0. The molecular weight excluding hydrogens is 239 g/mol. The van der Waals surface area contributed by atoms with Crippen LogP contribution in [0.3, 0.4) is 0 Å². The van der Waals surface area contributed by atoms with Crippen molar-refractivity contribution in [2.24, 2.45) is 0 Å². The average molecular weight is 261 g/mol. The summed E-state index contributed by atoms with van der Waals surface area (Å²) in [7, 11) is 0.509. The maximum Gasteiger partial charge on any atom is 0.0509 e. The van der Waals surface area contributed by atoms with Crippen molar-refractivity contribution >= 4 is 26.5 Å². The quantitative estimate of drug-likeness (QED) is 0.551. The predicted octanol–water partition coefficient (Wildman–Crippen LogP) is 4.15. The largest absolute Gasteiger partial charge is 0.358 e. The van der Waals surface area contributed by atoms with Crippen LogP contribution in [0.2, 0.25) is 0 Å². The van der Waals surface area contributed by atoms with E-state index >= 15 is 0 Å². The van der Waals surface area contributed by atoms with Gasteiger partial charge in [-0.15, -0.1) is 12.4 Å². The molecule has 0 bridgehead atoms. The molecular formula is C13H22ClOP. The van der Waals surface area contributed by atoms with E-state index in [0.717, 1.165) is 6.61 Å². The Bertz CT molecular complexity index is 282. The van der Waals surface area contributed by atoms with Crippen LogP contribution in [-0.4, -0.2) is 6.61 Å². The normalized spacial score (nSPS) is 10.7. The Morgan fingerprint density at radius 2 is 1.69 bits per heavy atom. The monoisotopic (exact) mass is 260 g/mol. The van der Waals surface area contributed by atoms with Gasteiger partial charge in [0.25, 0.3) is 0 Å².